The minimum absolute atomic E-state index is 0.213. The number of hydrogen-bond donors (Lipinski definition) is 0. The van der Waals surface area contributed by atoms with Crippen molar-refractivity contribution in [3.05, 3.63) is 27.2 Å². The second-order valence-electron chi connectivity index (χ2n) is 8.93. The number of methoxy groups -OCH3 is 1. The van der Waals surface area contributed by atoms with Gasteiger partial charge in [0.25, 0.3) is 0 Å². The zero-order valence-corrected chi connectivity index (χ0v) is 19.4. The molecule has 0 bridgehead atoms. The second-order valence-corrected chi connectivity index (χ2v) is 9.72. The van der Waals surface area contributed by atoms with Crippen LogP contribution in [0.5, 0.6) is 0 Å². The Kier molecular flexibility index (Phi) is 6.60. The molecule has 1 amide bonds. The first-order valence-electron chi connectivity index (χ1n) is 10.3. The van der Waals surface area contributed by atoms with Crippen LogP contribution >= 0.6 is 15.9 Å². The summed E-state index contributed by atoms with van der Waals surface area (Å²) in [4.78, 5) is 16.9. The molecule has 2 aliphatic rings. The average Bonchev–Trinajstić information content (AvgIpc) is 2.77. The van der Waals surface area contributed by atoms with Gasteiger partial charge >= 0.3 is 6.09 Å². The van der Waals surface area contributed by atoms with Crippen LogP contribution < -0.4 is 4.90 Å². The van der Waals surface area contributed by atoms with Crippen LogP contribution in [0, 0.1) is 0 Å². The molecule has 0 radical (unpaired) electrons. The predicted molar refractivity (Wildman–Crippen MR) is 116 cm³/mol. The maximum atomic E-state index is 12.6. The molecule has 0 aromatic heterocycles. The van der Waals surface area contributed by atoms with Gasteiger partial charge in [0.05, 0.1) is 12.3 Å². The van der Waals surface area contributed by atoms with Crippen LogP contribution in [0.3, 0.4) is 0 Å². The number of carbonyl (C=O) groups is 1. The molecule has 1 aromatic rings. The van der Waals surface area contributed by atoms with Crippen LogP contribution in [-0.4, -0.2) is 56.5 Å². The third kappa shape index (κ3) is 4.65. The zero-order chi connectivity index (χ0) is 20.5. The summed E-state index contributed by atoms with van der Waals surface area (Å²) in [6.07, 6.45) is 2.92. The fourth-order valence-corrected chi connectivity index (χ4v) is 5.45. The van der Waals surface area contributed by atoms with Gasteiger partial charge in [-0.2, -0.15) is 0 Å². The molecular formula is C22H33BrN2O3. The van der Waals surface area contributed by atoms with E-state index in [1.807, 2.05) is 25.7 Å². The van der Waals surface area contributed by atoms with Crippen molar-refractivity contribution in [2.75, 3.05) is 44.8 Å². The Balaban J connectivity index is 1.90. The summed E-state index contributed by atoms with van der Waals surface area (Å²) in [5.41, 5.74) is 4.96. The van der Waals surface area contributed by atoms with Crippen molar-refractivity contribution in [2.45, 2.75) is 58.5 Å². The predicted octanol–water partition coefficient (Wildman–Crippen LogP) is 4.74. The van der Waals surface area contributed by atoms with Gasteiger partial charge in [-0.3, -0.25) is 0 Å². The summed E-state index contributed by atoms with van der Waals surface area (Å²) in [5.74, 6) is 0.246. The maximum Gasteiger partial charge on any atom is 0.410 e. The molecule has 0 spiro atoms. The van der Waals surface area contributed by atoms with Gasteiger partial charge in [-0.25, -0.2) is 4.79 Å². The molecule has 0 saturated heterocycles. The molecule has 28 heavy (non-hydrogen) atoms. The van der Waals surface area contributed by atoms with Crippen molar-refractivity contribution >= 4 is 27.7 Å². The molecule has 2 heterocycles. The number of fused-ring (bicyclic) bond motifs is 2. The van der Waals surface area contributed by atoms with Gasteiger partial charge in [-0.05, 0) is 72.7 Å². The van der Waals surface area contributed by atoms with Crippen LogP contribution in [0.15, 0.2) is 10.5 Å². The van der Waals surface area contributed by atoms with Crippen LogP contribution in [0.4, 0.5) is 10.5 Å². The van der Waals surface area contributed by atoms with E-state index in [9.17, 15) is 4.79 Å². The zero-order valence-electron chi connectivity index (χ0n) is 17.8. The summed E-state index contributed by atoms with van der Waals surface area (Å²) in [5, 5.41) is 0. The van der Waals surface area contributed by atoms with Gasteiger partial charge < -0.3 is 19.3 Å². The van der Waals surface area contributed by atoms with Crippen LogP contribution in [0.2, 0.25) is 0 Å². The third-order valence-electron chi connectivity index (χ3n) is 5.49. The Morgan fingerprint density at radius 2 is 2.00 bits per heavy atom. The number of aryl methyl sites for hydroxylation is 1. The number of anilines is 1. The molecule has 0 saturated carbocycles. The molecule has 1 aromatic carbocycles. The standard InChI is InChI=1S/C22H33BrN2O3/c1-15-14-25(21(26)28-22(2,3)4)10-8-16-13-17-7-6-9-24(11-12-27-5)20(17)19(23)18(15)16/h13,15H,6-12,14H2,1-5H3. The first kappa shape index (κ1) is 21.4. The third-order valence-corrected chi connectivity index (χ3v) is 6.29. The van der Waals surface area contributed by atoms with Crippen molar-refractivity contribution in [3.63, 3.8) is 0 Å². The fraction of sp³-hybridized carbons (Fsp3) is 0.682. The minimum Gasteiger partial charge on any atom is -0.444 e. The lowest BCUT2D eigenvalue weighted by Gasteiger charge is -2.34. The Labute approximate surface area is 177 Å². The van der Waals surface area contributed by atoms with Crippen molar-refractivity contribution in [1.82, 2.24) is 4.90 Å². The number of hydrogen-bond acceptors (Lipinski definition) is 4. The number of ether oxygens (including phenoxy) is 2. The molecule has 3 rings (SSSR count). The molecular weight excluding hydrogens is 420 g/mol. The Morgan fingerprint density at radius 3 is 2.68 bits per heavy atom. The summed E-state index contributed by atoms with van der Waals surface area (Å²) >= 11 is 3.95. The van der Waals surface area contributed by atoms with Crippen LogP contribution in [0.25, 0.3) is 0 Å². The summed E-state index contributed by atoms with van der Waals surface area (Å²) in [6.45, 7) is 12.0. The molecule has 0 fully saturated rings. The Bertz CT molecular complexity index is 729. The number of amides is 1. The van der Waals surface area contributed by atoms with Crippen molar-refractivity contribution in [3.8, 4) is 0 Å². The number of rotatable bonds is 3. The van der Waals surface area contributed by atoms with Crippen molar-refractivity contribution < 1.29 is 14.3 Å². The molecule has 156 valence electrons. The number of halogens is 1. The SMILES string of the molecule is COCCN1CCCc2cc3c(c(Br)c21)C(C)CN(C(=O)OC(C)(C)C)CC3. The van der Waals surface area contributed by atoms with E-state index in [2.05, 4.69) is 33.8 Å². The van der Waals surface area contributed by atoms with E-state index >= 15 is 0 Å². The van der Waals surface area contributed by atoms with Gasteiger partial charge in [0.1, 0.15) is 5.60 Å². The average molecular weight is 453 g/mol. The largest absolute Gasteiger partial charge is 0.444 e. The first-order valence-corrected chi connectivity index (χ1v) is 11.1. The normalized spacial score (nSPS) is 19.7. The molecule has 1 unspecified atom stereocenters. The number of carbonyl (C=O) groups excluding carboxylic acids is 1. The van der Waals surface area contributed by atoms with Crippen LogP contribution in [-0.2, 0) is 22.3 Å². The van der Waals surface area contributed by atoms with Gasteiger partial charge in [0.2, 0.25) is 0 Å². The smallest absolute Gasteiger partial charge is 0.410 e. The molecule has 1 atom stereocenters. The Morgan fingerprint density at radius 1 is 1.25 bits per heavy atom. The number of nitrogens with zero attached hydrogens (tertiary/aromatic N) is 2. The van der Waals surface area contributed by atoms with E-state index < -0.39 is 5.60 Å². The highest BCUT2D eigenvalue weighted by atomic mass is 79.9. The monoisotopic (exact) mass is 452 g/mol. The minimum atomic E-state index is -0.471. The first-order chi connectivity index (χ1) is 13.2. The van der Waals surface area contributed by atoms with E-state index in [0.717, 1.165) is 32.5 Å². The molecule has 0 N–H and O–H groups in total. The summed E-state index contributed by atoms with van der Waals surface area (Å²) in [6, 6.07) is 2.38. The van der Waals surface area contributed by atoms with Crippen molar-refractivity contribution in [2.24, 2.45) is 0 Å². The maximum absolute atomic E-state index is 12.6. The summed E-state index contributed by atoms with van der Waals surface area (Å²) in [7, 11) is 1.75. The molecule has 5 nitrogen and oxygen atoms in total. The van der Waals surface area contributed by atoms with Crippen LogP contribution in [0.1, 0.15) is 56.7 Å². The van der Waals surface area contributed by atoms with Crippen molar-refractivity contribution in [1.29, 1.82) is 0 Å². The van der Waals surface area contributed by atoms with Gasteiger partial charge in [0.15, 0.2) is 0 Å². The highest BCUT2D eigenvalue weighted by Crippen LogP contribution is 2.43. The number of benzene rings is 1. The highest BCUT2D eigenvalue weighted by Gasteiger charge is 2.31. The van der Waals surface area contributed by atoms with E-state index in [4.69, 9.17) is 9.47 Å². The van der Waals surface area contributed by atoms with Gasteiger partial charge in [0, 0.05) is 43.7 Å². The van der Waals surface area contributed by atoms with Gasteiger partial charge in [-0.15, -0.1) is 0 Å². The van der Waals surface area contributed by atoms with E-state index in [0.29, 0.717) is 13.1 Å². The quantitative estimate of drug-likeness (QED) is 0.663. The second kappa shape index (κ2) is 8.62. The fourth-order valence-electron chi connectivity index (χ4n) is 4.30. The molecule has 6 heteroatoms. The highest BCUT2D eigenvalue weighted by molar-refractivity contribution is 9.10. The molecule has 0 aliphatic carbocycles. The van der Waals surface area contributed by atoms with Gasteiger partial charge in [-0.1, -0.05) is 13.0 Å². The lowest BCUT2D eigenvalue weighted by Crippen LogP contribution is -2.38. The lowest BCUT2D eigenvalue weighted by atomic mass is 9.89. The van der Waals surface area contributed by atoms with E-state index in [1.54, 1.807) is 7.11 Å². The summed E-state index contributed by atoms with van der Waals surface area (Å²) < 4.78 is 12.1. The van der Waals surface area contributed by atoms with E-state index in [-0.39, 0.29) is 12.0 Å². The lowest BCUT2D eigenvalue weighted by molar-refractivity contribution is 0.0248. The van der Waals surface area contributed by atoms with E-state index in [1.165, 1.54) is 33.3 Å². The Hall–Kier alpha value is -1.27. The topological polar surface area (TPSA) is 42.0 Å². The molecule has 2 aliphatic heterocycles.